The summed E-state index contributed by atoms with van der Waals surface area (Å²) in [6.07, 6.45) is 2.63. The van der Waals surface area contributed by atoms with E-state index in [4.69, 9.17) is 4.42 Å². The van der Waals surface area contributed by atoms with Crippen LogP contribution >= 0.6 is 11.3 Å². The van der Waals surface area contributed by atoms with E-state index in [1.165, 1.54) is 16.7 Å². The molecule has 2 aromatic heterocycles. The van der Waals surface area contributed by atoms with Gasteiger partial charge in [0.1, 0.15) is 0 Å². The monoisotopic (exact) mass is 435 g/mol. The number of carbonyl (C=O) groups excluding carboxylic acids is 3. The van der Waals surface area contributed by atoms with E-state index < -0.39 is 5.91 Å². The van der Waals surface area contributed by atoms with Crippen LogP contribution < -0.4 is 10.2 Å². The van der Waals surface area contributed by atoms with Crippen molar-refractivity contribution in [2.45, 2.75) is 25.9 Å². The minimum atomic E-state index is -0.457. The van der Waals surface area contributed by atoms with Crippen LogP contribution in [0.5, 0.6) is 0 Å². The SMILES string of the molecule is O=C(NCC(=O)N1CCc2sccc2C1)c1occc1CN1C(=O)Cc2ccccc21. The molecule has 4 heterocycles. The summed E-state index contributed by atoms with van der Waals surface area (Å²) in [6.45, 7) is 1.39. The summed E-state index contributed by atoms with van der Waals surface area (Å²) in [7, 11) is 0. The normalized spacial score (nSPS) is 15.0. The molecule has 0 saturated carbocycles. The fourth-order valence-corrected chi connectivity index (χ4v) is 5.02. The van der Waals surface area contributed by atoms with Crippen molar-refractivity contribution in [2.75, 3.05) is 18.0 Å². The first-order valence-electron chi connectivity index (χ1n) is 10.2. The molecule has 7 nitrogen and oxygen atoms in total. The van der Waals surface area contributed by atoms with E-state index >= 15 is 0 Å². The van der Waals surface area contributed by atoms with Crippen LogP contribution in [0.3, 0.4) is 0 Å². The number of hydrogen-bond acceptors (Lipinski definition) is 5. The molecule has 5 rings (SSSR count). The first-order valence-corrected chi connectivity index (χ1v) is 11.0. The zero-order valence-electron chi connectivity index (χ0n) is 16.8. The van der Waals surface area contributed by atoms with Crippen LogP contribution in [-0.2, 0) is 35.5 Å². The maximum absolute atomic E-state index is 12.7. The molecule has 0 bridgehead atoms. The van der Waals surface area contributed by atoms with Gasteiger partial charge in [0.2, 0.25) is 11.8 Å². The molecule has 0 spiro atoms. The fourth-order valence-electron chi connectivity index (χ4n) is 4.13. The number of nitrogens with zero attached hydrogens (tertiary/aromatic N) is 2. The second-order valence-corrected chi connectivity index (χ2v) is 8.68. The van der Waals surface area contributed by atoms with Crippen LogP contribution in [0.15, 0.2) is 52.5 Å². The molecule has 0 atom stereocenters. The molecule has 0 fully saturated rings. The predicted molar refractivity (Wildman–Crippen MR) is 116 cm³/mol. The highest BCUT2D eigenvalue weighted by molar-refractivity contribution is 7.10. The van der Waals surface area contributed by atoms with Gasteiger partial charge in [-0.05, 0) is 41.1 Å². The van der Waals surface area contributed by atoms with Gasteiger partial charge in [0, 0.05) is 29.2 Å². The van der Waals surface area contributed by atoms with Crippen LogP contribution in [-0.4, -0.2) is 35.7 Å². The fraction of sp³-hybridized carbons (Fsp3) is 0.261. The summed E-state index contributed by atoms with van der Waals surface area (Å²) in [5, 5.41) is 4.71. The van der Waals surface area contributed by atoms with Gasteiger partial charge in [-0.15, -0.1) is 11.3 Å². The van der Waals surface area contributed by atoms with E-state index in [0.29, 0.717) is 25.1 Å². The molecule has 0 saturated heterocycles. The van der Waals surface area contributed by atoms with Crippen molar-refractivity contribution in [3.05, 3.63) is 75.4 Å². The van der Waals surface area contributed by atoms with Gasteiger partial charge in [0.25, 0.3) is 5.91 Å². The molecule has 0 aliphatic carbocycles. The summed E-state index contributed by atoms with van der Waals surface area (Å²) in [5.41, 5.74) is 3.62. The van der Waals surface area contributed by atoms with Gasteiger partial charge in [0.05, 0.1) is 25.8 Å². The van der Waals surface area contributed by atoms with Gasteiger partial charge < -0.3 is 19.5 Å². The second kappa shape index (κ2) is 8.03. The smallest absolute Gasteiger partial charge is 0.287 e. The molecule has 2 aliphatic rings. The molecule has 3 amide bonds. The van der Waals surface area contributed by atoms with Gasteiger partial charge in [0.15, 0.2) is 5.76 Å². The lowest BCUT2D eigenvalue weighted by molar-refractivity contribution is -0.131. The summed E-state index contributed by atoms with van der Waals surface area (Å²) in [6, 6.07) is 11.4. The van der Waals surface area contributed by atoms with Gasteiger partial charge in [-0.3, -0.25) is 14.4 Å². The number of carbonyl (C=O) groups is 3. The number of benzene rings is 1. The number of para-hydroxylation sites is 1. The topological polar surface area (TPSA) is 82.9 Å². The Labute approximate surface area is 183 Å². The minimum Gasteiger partial charge on any atom is -0.459 e. The molecule has 0 unspecified atom stereocenters. The van der Waals surface area contributed by atoms with E-state index in [2.05, 4.69) is 5.32 Å². The number of fused-ring (bicyclic) bond motifs is 2. The summed E-state index contributed by atoms with van der Waals surface area (Å²) >= 11 is 1.72. The van der Waals surface area contributed by atoms with Gasteiger partial charge in [-0.2, -0.15) is 0 Å². The Hall–Kier alpha value is -3.39. The summed E-state index contributed by atoms with van der Waals surface area (Å²) in [5.74, 6) is -0.464. The van der Waals surface area contributed by atoms with Crippen LogP contribution in [0.25, 0.3) is 0 Å². The number of nitrogens with one attached hydrogen (secondary N) is 1. The molecular formula is C23H21N3O4S. The van der Waals surface area contributed by atoms with Crippen molar-refractivity contribution in [2.24, 2.45) is 0 Å². The molecular weight excluding hydrogens is 414 g/mol. The Morgan fingerprint density at radius 2 is 2.00 bits per heavy atom. The average molecular weight is 436 g/mol. The van der Waals surface area contributed by atoms with Crippen molar-refractivity contribution in [3.63, 3.8) is 0 Å². The first kappa shape index (κ1) is 19.6. The molecule has 0 radical (unpaired) electrons. The number of rotatable bonds is 5. The van der Waals surface area contributed by atoms with Crippen molar-refractivity contribution < 1.29 is 18.8 Å². The molecule has 8 heteroatoms. The number of amides is 3. The van der Waals surface area contributed by atoms with Crippen LogP contribution in [0.2, 0.25) is 0 Å². The summed E-state index contributed by atoms with van der Waals surface area (Å²) < 4.78 is 5.40. The average Bonchev–Trinajstić information content (AvgIpc) is 3.50. The van der Waals surface area contributed by atoms with Gasteiger partial charge >= 0.3 is 0 Å². The Balaban J connectivity index is 1.22. The number of thiophene rings is 1. The lowest BCUT2D eigenvalue weighted by Crippen LogP contribution is -2.42. The maximum atomic E-state index is 12.7. The van der Waals surface area contributed by atoms with E-state index in [9.17, 15) is 14.4 Å². The maximum Gasteiger partial charge on any atom is 0.287 e. The molecule has 1 aromatic carbocycles. The Morgan fingerprint density at radius 3 is 2.90 bits per heavy atom. The highest BCUT2D eigenvalue weighted by Crippen LogP contribution is 2.30. The Kier molecular flexibility index (Phi) is 5.07. The minimum absolute atomic E-state index is 0.0122. The number of hydrogen-bond donors (Lipinski definition) is 1. The number of anilines is 1. The highest BCUT2D eigenvalue weighted by Gasteiger charge is 2.29. The van der Waals surface area contributed by atoms with E-state index in [1.54, 1.807) is 27.2 Å². The van der Waals surface area contributed by atoms with Crippen LogP contribution in [0, 0.1) is 0 Å². The largest absolute Gasteiger partial charge is 0.459 e. The van der Waals surface area contributed by atoms with Gasteiger partial charge in [-0.1, -0.05) is 18.2 Å². The molecule has 3 aromatic rings. The van der Waals surface area contributed by atoms with Gasteiger partial charge in [-0.25, -0.2) is 0 Å². The zero-order valence-corrected chi connectivity index (χ0v) is 17.6. The van der Waals surface area contributed by atoms with Crippen molar-refractivity contribution in [1.82, 2.24) is 10.2 Å². The Bertz CT molecular complexity index is 1170. The summed E-state index contributed by atoms with van der Waals surface area (Å²) in [4.78, 5) is 42.5. The molecule has 158 valence electrons. The third-order valence-electron chi connectivity index (χ3n) is 5.77. The molecule has 1 N–H and O–H groups in total. The molecule has 2 aliphatic heterocycles. The lowest BCUT2D eigenvalue weighted by atomic mass is 10.1. The van der Waals surface area contributed by atoms with Crippen molar-refractivity contribution >= 4 is 34.7 Å². The third-order valence-corrected chi connectivity index (χ3v) is 6.79. The van der Waals surface area contributed by atoms with Crippen LogP contribution in [0.1, 0.15) is 32.1 Å². The molecule has 31 heavy (non-hydrogen) atoms. The van der Waals surface area contributed by atoms with E-state index in [0.717, 1.165) is 17.7 Å². The standard InChI is InChI=1S/C23H21N3O4S/c27-20-11-15-3-1-2-4-18(15)26(20)14-17-6-9-30-22(17)23(29)24-12-21(28)25-8-5-19-16(13-25)7-10-31-19/h1-4,6-7,9-10H,5,8,11-14H2,(H,24,29). The van der Waals surface area contributed by atoms with E-state index in [1.807, 2.05) is 35.7 Å². The third kappa shape index (κ3) is 3.74. The zero-order chi connectivity index (χ0) is 21.4. The van der Waals surface area contributed by atoms with E-state index in [-0.39, 0.29) is 30.7 Å². The lowest BCUT2D eigenvalue weighted by Gasteiger charge is -2.27. The van der Waals surface area contributed by atoms with Crippen molar-refractivity contribution in [1.29, 1.82) is 0 Å². The van der Waals surface area contributed by atoms with Crippen LogP contribution in [0.4, 0.5) is 5.69 Å². The quantitative estimate of drug-likeness (QED) is 0.668. The second-order valence-electron chi connectivity index (χ2n) is 7.68. The van der Waals surface area contributed by atoms with Crippen molar-refractivity contribution in [3.8, 4) is 0 Å². The number of furan rings is 1. The highest BCUT2D eigenvalue weighted by atomic mass is 32.1. The predicted octanol–water partition coefficient (Wildman–Crippen LogP) is 2.75. The Morgan fingerprint density at radius 1 is 1.13 bits per heavy atom. The first-order chi connectivity index (χ1) is 15.1.